The fourth-order valence-electron chi connectivity index (χ4n) is 3.26. The maximum absolute atomic E-state index is 12.5. The summed E-state index contributed by atoms with van der Waals surface area (Å²) in [7, 11) is 1.62. The summed E-state index contributed by atoms with van der Waals surface area (Å²) < 4.78 is 7.19. The highest BCUT2D eigenvalue weighted by Crippen LogP contribution is 2.29. The van der Waals surface area contributed by atoms with Gasteiger partial charge in [-0.15, -0.1) is 10.2 Å². The lowest BCUT2D eigenvalue weighted by molar-refractivity contribution is -0.113. The Labute approximate surface area is 201 Å². The van der Waals surface area contributed by atoms with E-state index >= 15 is 0 Å². The van der Waals surface area contributed by atoms with E-state index in [1.807, 2.05) is 60.0 Å². The maximum Gasteiger partial charge on any atom is 0.248 e. The van der Waals surface area contributed by atoms with Gasteiger partial charge in [0.25, 0.3) is 0 Å². The summed E-state index contributed by atoms with van der Waals surface area (Å²) in [6.07, 6.45) is 0. The van der Waals surface area contributed by atoms with Crippen LogP contribution in [0.3, 0.4) is 0 Å². The first-order chi connectivity index (χ1) is 16.4. The standard InChI is InChI=1S/C25H23N5O3S/c1-16-3-11-20(12-4-16)30-24(18-7-13-21(33-2)14-8-18)28-29-25(30)34-15-22(31)27-19-9-5-17(6-10-19)23(26)32/h3-14H,15H2,1-2H3,(H2,26,32)(H,27,31). The van der Waals surface area contributed by atoms with Crippen LogP contribution in [0.4, 0.5) is 5.69 Å². The molecule has 4 rings (SSSR count). The molecule has 2 amide bonds. The zero-order valence-corrected chi connectivity index (χ0v) is 19.5. The molecule has 9 heteroatoms. The lowest BCUT2D eigenvalue weighted by Gasteiger charge is -2.11. The van der Waals surface area contributed by atoms with E-state index in [1.165, 1.54) is 11.8 Å². The number of ether oxygens (including phenoxy) is 1. The molecular formula is C25H23N5O3S. The van der Waals surface area contributed by atoms with E-state index in [0.717, 1.165) is 22.6 Å². The number of hydrogen-bond acceptors (Lipinski definition) is 6. The minimum Gasteiger partial charge on any atom is -0.497 e. The highest BCUT2D eigenvalue weighted by Gasteiger charge is 2.17. The fraction of sp³-hybridized carbons (Fsp3) is 0.120. The van der Waals surface area contributed by atoms with Gasteiger partial charge in [-0.25, -0.2) is 0 Å². The zero-order valence-electron chi connectivity index (χ0n) is 18.7. The minimum absolute atomic E-state index is 0.129. The summed E-state index contributed by atoms with van der Waals surface area (Å²) in [5.41, 5.74) is 9.12. The number of primary amides is 1. The molecule has 0 saturated carbocycles. The second kappa shape index (κ2) is 10.2. The minimum atomic E-state index is -0.517. The highest BCUT2D eigenvalue weighted by atomic mass is 32.2. The number of carbonyl (C=O) groups is 2. The van der Waals surface area contributed by atoms with Gasteiger partial charge in [-0.2, -0.15) is 0 Å². The van der Waals surface area contributed by atoms with Crippen molar-refractivity contribution in [2.75, 3.05) is 18.2 Å². The zero-order chi connectivity index (χ0) is 24.1. The Morgan fingerprint density at radius 3 is 2.26 bits per heavy atom. The van der Waals surface area contributed by atoms with Crippen LogP contribution in [0.1, 0.15) is 15.9 Å². The quantitative estimate of drug-likeness (QED) is 0.373. The molecule has 1 aromatic heterocycles. The third-order valence-corrected chi connectivity index (χ3v) is 5.99. The number of anilines is 1. The van der Waals surface area contributed by atoms with Crippen molar-refractivity contribution in [2.45, 2.75) is 12.1 Å². The van der Waals surface area contributed by atoms with E-state index in [2.05, 4.69) is 15.5 Å². The van der Waals surface area contributed by atoms with Crippen molar-refractivity contribution in [3.63, 3.8) is 0 Å². The van der Waals surface area contributed by atoms with E-state index in [-0.39, 0.29) is 11.7 Å². The van der Waals surface area contributed by atoms with Crippen LogP contribution < -0.4 is 15.8 Å². The number of nitrogens with two attached hydrogens (primary N) is 1. The predicted octanol–water partition coefficient (Wildman–Crippen LogP) is 4.08. The number of hydrogen-bond donors (Lipinski definition) is 2. The SMILES string of the molecule is COc1ccc(-c2nnc(SCC(=O)Nc3ccc(C(N)=O)cc3)n2-c2ccc(C)cc2)cc1. The predicted molar refractivity (Wildman–Crippen MR) is 132 cm³/mol. The Kier molecular flexibility index (Phi) is 6.93. The van der Waals surface area contributed by atoms with Crippen LogP contribution in [0.2, 0.25) is 0 Å². The number of rotatable bonds is 8. The number of thioether (sulfide) groups is 1. The van der Waals surface area contributed by atoms with Crippen molar-refractivity contribution in [1.82, 2.24) is 14.8 Å². The largest absolute Gasteiger partial charge is 0.497 e. The van der Waals surface area contributed by atoms with Gasteiger partial charge in [-0.3, -0.25) is 14.2 Å². The van der Waals surface area contributed by atoms with Gasteiger partial charge in [0.15, 0.2) is 11.0 Å². The average Bonchev–Trinajstić information content (AvgIpc) is 3.27. The number of carbonyl (C=O) groups excluding carboxylic acids is 2. The summed E-state index contributed by atoms with van der Waals surface area (Å²) in [6, 6.07) is 22.0. The molecule has 0 atom stereocenters. The van der Waals surface area contributed by atoms with Gasteiger partial charge in [-0.05, 0) is 67.6 Å². The number of amides is 2. The summed E-state index contributed by atoms with van der Waals surface area (Å²) in [4.78, 5) is 23.8. The van der Waals surface area contributed by atoms with E-state index in [4.69, 9.17) is 10.5 Å². The van der Waals surface area contributed by atoms with Crippen molar-refractivity contribution < 1.29 is 14.3 Å². The number of aromatic nitrogens is 3. The van der Waals surface area contributed by atoms with Crippen LogP contribution in [0.25, 0.3) is 17.1 Å². The molecule has 172 valence electrons. The summed E-state index contributed by atoms with van der Waals surface area (Å²) in [6.45, 7) is 2.02. The van der Waals surface area contributed by atoms with Gasteiger partial charge in [0.05, 0.1) is 12.9 Å². The second-order valence-electron chi connectivity index (χ2n) is 7.48. The monoisotopic (exact) mass is 473 g/mol. The Bertz CT molecular complexity index is 1300. The van der Waals surface area contributed by atoms with Crippen molar-refractivity contribution in [3.05, 3.63) is 83.9 Å². The molecular weight excluding hydrogens is 450 g/mol. The average molecular weight is 474 g/mol. The molecule has 3 aromatic carbocycles. The van der Waals surface area contributed by atoms with Crippen molar-refractivity contribution in [2.24, 2.45) is 5.73 Å². The Balaban J connectivity index is 1.56. The molecule has 34 heavy (non-hydrogen) atoms. The molecule has 8 nitrogen and oxygen atoms in total. The molecule has 0 radical (unpaired) electrons. The van der Waals surface area contributed by atoms with E-state index in [9.17, 15) is 9.59 Å². The lowest BCUT2D eigenvalue weighted by atomic mass is 10.2. The maximum atomic E-state index is 12.5. The van der Waals surface area contributed by atoms with E-state index in [1.54, 1.807) is 31.4 Å². The number of nitrogens with one attached hydrogen (secondary N) is 1. The van der Waals surface area contributed by atoms with Gasteiger partial charge in [0.2, 0.25) is 11.8 Å². The first-order valence-electron chi connectivity index (χ1n) is 10.4. The number of methoxy groups -OCH3 is 1. The van der Waals surface area contributed by atoms with Crippen molar-refractivity contribution >= 4 is 29.3 Å². The van der Waals surface area contributed by atoms with Crippen LogP contribution in [-0.4, -0.2) is 39.4 Å². The highest BCUT2D eigenvalue weighted by molar-refractivity contribution is 7.99. The third-order valence-electron chi connectivity index (χ3n) is 5.06. The van der Waals surface area contributed by atoms with Gasteiger partial charge >= 0.3 is 0 Å². The normalized spacial score (nSPS) is 10.6. The summed E-state index contributed by atoms with van der Waals surface area (Å²) >= 11 is 1.28. The Morgan fingerprint density at radius 2 is 1.65 bits per heavy atom. The Hall–Kier alpha value is -4.11. The Morgan fingerprint density at radius 1 is 0.971 bits per heavy atom. The molecule has 0 aliphatic rings. The molecule has 0 fully saturated rings. The smallest absolute Gasteiger partial charge is 0.248 e. The molecule has 0 spiro atoms. The summed E-state index contributed by atoms with van der Waals surface area (Å²) in [5, 5.41) is 12.2. The molecule has 4 aromatic rings. The number of nitrogens with zero attached hydrogens (tertiary/aromatic N) is 3. The molecule has 0 bridgehead atoms. The summed E-state index contributed by atoms with van der Waals surface area (Å²) in [5.74, 6) is 0.819. The first kappa shape index (κ1) is 23.1. The van der Waals surface area contributed by atoms with Crippen LogP contribution in [-0.2, 0) is 4.79 Å². The number of aryl methyl sites for hydroxylation is 1. The first-order valence-corrected chi connectivity index (χ1v) is 11.4. The lowest BCUT2D eigenvalue weighted by Crippen LogP contribution is -2.15. The topological polar surface area (TPSA) is 112 Å². The van der Waals surface area contributed by atoms with Gasteiger partial charge in [0.1, 0.15) is 5.75 Å². The van der Waals surface area contributed by atoms with Crippen LogP contribution in [0, 0.1) is 6.92 Å². The molecule has 3 N–H and O–H groups in total. The number of benzene rings is 3. The molecule has 0 saturated heterocycles. The van der Waals surface area contributed by atoms with E-state index < -0.39 is 5.91 Å². The van der Waals surface area contributed by atoms with Gasteiger partial charge in [-0.1, -0.05) is 29.5 Å². The fourth-order valence-corrected chi connectivity index (χ4v) is 4.01. The molecule has 0 unspecified atom stereocenters. The van der Waals surface area contributed by atoms with Crippen molar-refractivity contribution in [3.8, 4) is 22.8 Å². The third kappa shape index (κ3) is 5.26. The van der Waals surface area contributed by atoms with Gasteiger partial charge < -0.3 is 15.8 Å². The van der Waals surface area contributed by atoms with Crippen LogP contribution >= 0.6 is 11.8 Å². The molecule has 0 aliphatic heterocycles. The van der Waals surface area contributed by atoms with Crippen LogP contribution in [0.5, 0.6) is 5.75 Å². The van der Waals surface area contributed by atoms with E-state index in [0.29, 0.717) is 22.2 Å². The second-order valence-corrected chi connectivity index (χ2v) is 8.43. The molecule has 1 heterocycles. The van der Waals surface area contributed by atoms with Crippen molar-refractivity contribution in [1.29, 1.82) is 0 Å². The van der Waals surface area contributed by atoms with Gasteiger partial charge in [0, 0.05) is 22.5 Å². The molecule has 0 aliphatic carbocycles. The van der Waals surface area contributed by atoms with Crippen LogP contribution in [0.15, 0.2) is 78.0 Å².